The largest absolute Gasteiger partial charge is 0.384 e. The monoisotopic (exact) mass is 215 g/mol. The zero-order valence-electron chi connectivity index (χ0n) is 8.89. The van der Waals surface area contributed by atoms with Crippen molar-refractivity contribution < 1.29 is 13.5 Å². The van der Waals surface area contributed by atoms with Crippen molar-refractivity contribution in [2.24, 2.45) is 5.92 Å². The fourth-order valence-electron chi connectivity index (χ4n) is 1.29. The van der Waals surface area contributed by atoms with Gasteiger partial charge in [0.2, 0.25) is 0 Å². The molecule has 0 bridgehead atoms. The third kappa shape index (κ3) is 3.47. The minimum absolute atomic E-state index is 0.0690. The molecule has 1 unspecified atom stereocenters. The highest BCUT2D eigenvalue weighted by Crippen LogP contribution is 2.18. The Hall–Kier alpha value is -1.16. The van der Waals surface area contributed by atoms with Gasteiger partial charge in [-0.25, -0.2) is 8.78 Å². The first-order valence-corrected chi connectivity index (χ1v) is 4.82. The molecule has 0 aromatic heterocycles. The van der Waals surface area contributed by atoms with E-state index in [2.05, 4.69) is 5.32 Å². The van der Waals surface area contributed by atoms with Crippen LogP contribution < -0.4 is 5.32 Å². The highest BCUT2D eigenvalue weighted by atomic mass is 19.1. The van der Waals surface area contributed by atoms with Crippen LogP contribution in [0, 0.1) is 17.6 Å². The zero-order valence-corrected chi connectivity index (χ0v) is 8.89. The van der Waals surface area contributed by atoms with Crippen LogP contribution in [-0.2, 0) is 4.74 Å². The van der Waals surface area contributed by atoms with Crippen LogP contribution in [0.2, 0.25) is 0 Å². The molecule has 0 saturated carbocycles. The van der Waals surface area contributed by atoms with Gasteiger partial charge in [-0.15, -0.1) is 0 Å². The minimum Gasteiger partial charge on any atom is -0.384 e. The Bertz CT molecular complexity index is 297. The van der Waals surface area contributed by atoms with E-state index in [1.54, 1.807) is 7.11 Å². The number of anilines is 1. The molecule has 0 heterocycles. The lowest BCUT2D eigenvalue weighted by molar-refractivity contribution is 0.164. The van der Waals surface area contributed by atoms with E-state index in [-0.39, 0.29) is 11.6 Å². The Morgan fingerprint density at radius 2 is 1.93 bits per heavy atom. The Morgan fingerprint density at radius 3 is 2.47 bits per heavy atom. The van der Waals surface area contributed by atoms with Gasteiger partial charge in [-0.05, 0) is 18.1 Å². The summed E-state index contributed by atoms with van der Waals surface area (Å²) in [5, 5.41) is 2.74. The second-order valence-corrected chi connectivity index (χ2v) is 3.54. The third-order valence-electron chi connectivity index (χ3n) is 2.04. The van der Waals surface area contributed by atoms with E-state index in [4.69, 9.17) is 4.74 Å². The van der Waals surface area contributed by atoms with Gasteiger partial charge in [0.15, 0.2) is 0 Å². The Balaban J connectivity index is 2.57. The van der Waals surface area contributed by atoms with E-state index in [1.165, 1.54) is 18.2 Å². The van der Waals surface area contributed by atoms with Crippen LogP contribution in [0.5, 0.6) is 0 Å². The van der Waals surface area contributed by atoms with Crippen LogP contribution in [0.4, 0.5) is 14.5 Å². The molecule has 1 rings (SSSR count). The van der Waals surface area contributed by atoms with Crippen LogP contribution in [0.1, 0.15) is 6.92 Å². The first-order chi connectivity index (χ1) is 7.15. The van der Waals surface area contributed by atoms with Gasteiger partial charge in [0.1, 0.15) is 17.3 Å². The van der Waals surface area contributed by atoms with Crippen LogP contribution in [0.25, 0.3) is 0 Å². The van der Waals surface area contributed by atoms with E-state index in [0.29, 0.717) is 13.2 Å². The molecule has 15 heavy (non-hydrogen) atoms. The van der Waals surface area contributed by atoms with Crippen molar-refractivity contribution in [3.63, 3.8) is 0 Å². The minimum atomic E-state index is -0.570. The average molecular weight is 215 g/mol. The van der Waals surface area contributed by atoms with E-state index in [1.807, 2.05) is 6.92 Å². The number of rotatable bonds is 5. The Morgan fingerprint density at radius 1 is 1.33 bits per heavy atom. The van der Waals surface area contributed by atoms with Crippen molar-refractivity contribution in [1.82, 2.24) is 0 Å². The standard InChI is InChI=1S/C11H15F2NO/c1-8(7-15-2)6-14-11-9(12)4-3-5-10(11)13/h3-5,8,14H,6-7H2,1-2H3. The molecule has 0 aliphatic rings. The molecule has 2 nitrogen and oxygen atoms in total. The van der Waals surface area contributed by atoms with Crippen molar-refractivity contribution in [3.05, 3.63) is 29.8 Å². The van der Waals surface area contributed by atoms with Gasteiger partial charge in [0, 0.05) is 13.7 Å². The predicted molar refractivity (Wildman–Crippen MR) is 55.9 cm³/mol. The van der Waals surface area contributed by atoms with Crippen molar-refractivity contribution in [3.8, 4) is 0 Å². The molecule has 84 valence electrons. The number of hydrogen-bond acceptors (Lipinski definition) is 2. The molecule has 0 aliphatic heterocycles. The molecule has 1 aromatic carbocycles. The van der Waals surface area contributed by atoms with Crippen molar-refractivity contribution >= 4 is 5.69 Å². The number of methoxy groups -OCH3 is 1. The highest BCUT2D eigenvalue weighted by molar-refractivity contribution is 5.45. The fraction of sp³-hybridized carbons (Fsp3) is 0.455. The average Bonchev–Trinajstić information content (AvgIpc) is 2.17. The van der Waals surface area contributed by atoms with Gasteiger partial charge in [-0.1, -0.05) is 13.0 Å². The molecular weight excluding hydrogens is 200 g/mol. The molecular formula is C11H15F2NO. The lowest BCUT2D eigenvalue weighted by Gasteiger charge is -2.13. The van der Waals surface area contributed by atoms with Crippen molar-refractivity contribution in [2.75, 3.05) is 25.6 Å². The maximum Gasteiger partial charge on any atom is 0.149 e. The quantitative estimate of drug-likeness (QED) is 0.815. The lowest BCUT2D eigenvalue weighted by atomic mass is 10.2. The third-order valence-corrected chi connectivity index (χ3v) is 2.04. The molecule has 1 aromatic rings. The molecule has 0 fully saturated rings. The van der Waals surface area contributed by atoms with Gasteiger partial charge >= 0.3 is 0 Å². The number of hydrogen-bond donors (Lipinski definition) is 1. The van der Waals surface area contributed by atoms with E-state index < -0.39 is 11.6 Å². The van der Waals surface area contributed by atoms with Crippen molar-refractivity contribution in [1.29, 1.82) is 0 Å². The first kappa shape index (κ1) is 11.9. The summed E-state index contributed by atoms with van der Waals surface area (Å²) in [6.45, 7) is 2.98. The maximum atomic E-state index is 13.2. The molecule has 0 radical (unpaired) electrons. The number of nitrogens with one attached hydrogen (secondary N) is 1. The van der Waals surface area contributed by atoms with Gasteiger partial charge in [-0.3, -0.25) is 0 Å². The SMILES string of the molecule is COCC(C)CNc1c(F)cccc1F. The highest BCUT2D eigenvalue weighted by Gasteiger charge is 2.09. The molecule has 0 saturated heterocycles. The maximum absolute atomic E-state index is 13.2. The summed E-state index contributed by atoms with van der Waals surface area (Å²) in [5.41, 5.74) is -0.0690. The normalized spacial score (nSPS) is 12.5. The summed E-state index contributed by atoms with van der Waals surface area (Å²) in [4.78, 5) is 0. The van der Waals surface area contributed by atoms with Gasteiger partial charge < -0.3 is 10.1 Å². The summed E-state index contributed by atoms with van der Waals surface area (Å²) in [5.74, 6) is -0.937. The van der Waals surface area contributed by atoms with E-state index in [0.717, 1.165) is 0 Å². The number of ether oxygens (including phenoxy) is 1. The van der Waals surface area contributed by atoms with Gasteiger partial charge in [0.05, 0.1) is 6.61 Å². The number of benzene rings is 1. The Kier molecular flexibility index (Phi) is 4.49. The van der Waals surface area contributed by atoms with Crippen LogP contribution in [-0.4, -0.2) is 20.3 Å². The summed E-state index contributed by atoms with van der Waals surface area (Å²) >= 11 is 0. The molecule has 1 atom stereocenters. The van der Waals surface area contributed by atoms with Crippen molar-refractivity contribution in [2.45, 2.75) is 6.92 Å². The molecule has 4 heteroatoms. The summed E-state index contributed by atoms with van der Waals surface area (Å²) in [6, 6.07) is 3.80. The smallest absolute Gasteiger partial charge is 0.149 e. The predicted octanol–water partition coefficient (Wildman–Crippen LogP) is 2.66. The van der Waals surface area contributed by atoms with Crippen LogP contribution in [0.15, 0.2) is 18.2 Å². The molecule has 0 spiro atoms. The van der Waals surface area contributed by atoms with Crippen LogP contribution >= 0.6 is 0 Å². The first-order valence-electron chi connectivity index (χ1n) is 4.82. The molecule has 0 amide bonds. The van der Waals surface area contributed by atoms with E-state index in [9.17, 15) is 8.78 Å². The van der Waals surface area contributed by atoms with E-state index >= 15 is 0 Å². The van der Waals surface area contributed by atoms with Gasteiger partial charge in [0.25, 0.3) is 0 Å². The Labute approximate surface area is 88.3 Å². The second-order valence-electron chi connectivity index (χ2n) is 3.54. The topological polar surface area (TPSA) is 21.3 Å². The lowest BCUT2D eigenvalue weighted by Crippen LogP contribution is -2.17. The summed E-state index contributed by atoms with van der Waals surface area (Å²) in [6.07, 6.45) is 0. The second kappa shape index (κ2) is 5.66. The number of halogens is 2. The summed E-state index contributed by atoms with van der Waals surface area (Å²) < 4.78 is 31.2. The zero-order chi connectivity index (χ0) is 11.3. The summed E-state index contributed by atoms with van der Waals surface area (Å²) in [7, 11) is 1.60. The number of para-hydroxylation sites is 1. The molecule has 0 aliphatic carbocycles. The fourth-order valence-corrected chi connectivity index (χ4v) is 1.29. The molecule has 1 N–H and O–H groups in total. The van der Waals surface area contributed by atoms with Gasteiger partial charge in [-0.2, -0.15) is 0 Å². The van der Waals surface area contributed by atoms with Crippen LogP contribution in [0.3, 0.4) is 0 Å².